The fraction of sp³-hybridized carbons (Fsp3) is 0.500. The maximum atomic E-state index is 12.6. The number of hydrogen-bond donors (Lipinski definition) is 1. The van der Waals surface area contributed by atoms with Crippen LogP contribution in [0.15, 0.2) is 18.5 Å². The first-order chi connectivity index (χ1) is 12.6. The summed E-state index contributed by atoms with van der Waals surface area (Å²) in [7, 11) is 0. The van der Waals surface area contributed by atoms with Crippen molar-refractivity contribution in [1.82, 2.24) is 30.0 Å². The third kappa shape index (κ3) is 3.74. The monoisotopic (exact) mass is 354 g/mol. The zero-order valence-corrected chi connectivity index (χ0v) is 14.8. The molecule has 2 aromatic rings. The number of carbonyl (C=O) groups excluding carboxylic acids is 2. The van der Waals surface area contributed by atoms with Crippen LogP contribution in [0.5, 0.6) is 0 Å². The lowest BCUT2D eigenvalue weighted by Crippen LogP contribution is -2.38. The number of nitrogens with zero attached hydrogens (tertiary/aromatic N) is 5. The van der Waals surface area contributed by atoms with E-state index in [0.29, 0.717) is 44.2 Å². The van der Waals surface area contributed by atoms with Crippen LogP contribution in [0.4, 0.5) is 0 Å². The van der Waals surface area contributed by atoms with Gasteiger partial charge in [0, 0.05) is 31.6 Å². The van der Waals surface area contributed by atoms with Crippen molar-refractivity contribution in [3.8, 4) is 0 Å². The van der Waals surface area contributed by atoms with Crippen LogP contribution in [0.1, 0.15) is 46.8 Å². The summed E-state index contributed by atoms with van der Waals surface area (Å²) in [6.45, 7) is 3.57. The number of carbonyl (C=O) groups is 2. The van der Waals surface area contributed by atoms with Gasteiger partial charge in [-0.3, -0.25) is 19.3 Å². The average molecular weight is 354 g/mol. The van der Waals surface area contributed by atoms with Gasteiger partial charge in [-0.25, -0.2) is 4.98 Å². The van der Waals surface area contributed by atoms with Gasteiger partial charge >= 0.3 is 0 Å². The van der Waals surface area contributed by atoms with Crippen LogP contribution in [0.25, 0.3) is 0 Å². The number of aromatic nitrogens is 4. The van der Waals surface area contributed by atoms with Gasteiger partial charge in [0.15, 0.2) is 0 Å². The zero-order valence-electron chi connectivity index (χ0n) is 14.8. The molecule has 1 aliphatic heterocycles. The molecule has 0 saturated heterocycles. The molecular formula is C18H22N6O2. The highest BCUT2D eigenvalue weighted by Gasteiger charge is 2.25. The summed E-state index contributed by atoms with van der Waals surface area (Å²) in [5, 5.41) is 7.56. The summed E-state index contributed by atoms with van der Waals surface area (Å²) in [5.41, 5.74) is 3.03. The van der Waals surface area contributed by atoms with E-state index < -0.39 is 0 Å². The smallest absolute Gasteiger partial charge is 0.274 e. The lowest BCUT2D eigenvalue weighted by molar-refractivity contribution is -0.121. The highest BCUT2D eigenvalue weighted by atomic mass is 16.2. The summed E-state index contributed by atoms with van der Waals surface area (Å²) >= 11 is 0. The standard InChI is InChI=1S/C18H22N6O2/c1-12-9-20-16(10-19-12)18(26)23-6-7-24-15(11-23)8-14(22-24)4-5-17(25)21-13-2-3-13/h8-10,13H,2-7,11H2,1H3,(H,21,25). The zero-order chi connectivity index (χ0) is 18.1. The minimum Gasteiger partial charge on any atom is -0.353 e. The molecule has 8 heteroatoms. The Balaban J connectivity index is 1.37. The maximum absolute atomic E-state index is 12.6. The molecule has 2 aliphatic rings. The molecular weight excluding hydrogens is 332 g/mol. The van der Waals surface area contributed by atoms with Crippen molar-refractivity contribution >= 4 is 11.8 Å². The molecule has 0 atom stereocenters. The minimum absolute atomic E-state index is 0.0909. The lowest BCUT2D eigenvalue weighted by atomic mass is 10.2. The Morgan fingerprint density at radius 1 is 1.23 bits per heavy atom. The molecule has 8 nitrogen and oxygen atoms in total. The number of amides is 2. The normalized spacial score (nSPS) is 16.3. The number of hydrogen-bond acceptors (Lipinski definition) is 5. The Morgan fingerprint density at radius 2 is 2.08 bits per heavy atom. The fourth-order valence-electron chi connectivity index (χ4n) is 3.06. The van der Waals surface area contributed by atoms with Crippen molar-refractivity contribution in [2.24, 2.45) is 0 Å². The third-order valence-electron chi connectivity index (χ3n) is 4.69. The quantitative estimate of drug-likeness (QED) is 0.859. The van der Waals surface area contributed by atoms with Crippen molar-refractivity contribution in [3.63, 3.8) is 0 Å². The van der Waals surface area contributed by atoms with E-state index in [0.717, 1.165) is 29.9 Å². The molecule has 0 aromatic carbocycles. The Bertz CT molecular complexity index is 825. The van der Waals surface area contributed by atoms with E-state index in [4.69, 9.17) is 0 Å². The van der Waals surface area contributed by atoms with E-state index in [2.05, 4.69) is 20.4 Å². The predicted octanol–water partition coefficient (Wildman–Crippen LogP) is 0.849. The molecule has 0 unspecified atom stereocenters. The summed E-state index contributed by atoms with van der Waals surface area (Å²) < 4.78 is 1.93. The fourth-order valence-corrected chi connectivity index (χ4v) is 3.06. The van der Waals surface area contributed by atoms with Gasteiger partial charge in [-0.15, -0.1) is 0 Å². The van der Waals surface area contributed by atoms with Crippen molar-refractivity contribution in [2.75, 3.05) is 6.54 Å². The largest absolute Gasteiger partial charge is 0.353 e. The van der Waals surface area contributed by atoms with Gasteiger partial charge in [0.05, 0.1) is 36.4 Å². The number of fused-ring (bicyclic) bond motifs is 1. The molecule has 0 spiro atoms. The van der Waals surface area contributed by atoms with Gasteiger partial charge in [-0.05, 0) is 25.8 Å². The van der Waals surface area contributed by atoms with Gasteiger partial charge < -0.3 is 10.2 Å². The highest BCUT2D eigenvalue weighted by molar-refractivity contribution is 5.92. The minimum atomic E-state index is -0.115. The Morgan fingerprint density at radius 3 is 2.81 bits per heavy atom. The predicted molar refractivity (Wildman–Crippen MR) is 93.2 cm³/mol. The van der Waals surface area contributed by atoms with E-state index in [1.54, 1.807) is 11.1 Å². The van der Waals surface area contributed by atoms with E-state index >= 15 is 0 Å². The van der Waals surface area contributed by atoms with Crippen molar-refractivity contribution in [2.45, 2.75) is 51.7 Å². The molecule has 2 amide bonds. The average Bonchev–Trinajstić information content (AvgIpc) is 3.35. The number of rotatable bonds is 5. The maximum Gasteiger partial charge on any atom is 0.274 e. The first-order valence-electron chi connectivity index (χ1n) is 9.01. The Kier molecular flexibility index (Phi) is 4.40. The van der Waals surface area contributed by atoms with E-state index in [1.165, 1.54) is 6.20 Å². The molecule has 0 bridgehead atoms. The summed E-state index contributed by atoms with van der Waals surface area (Å²) in [6.07, 6.45) is 6.39. The second-order valence-corrected chi connectivity index (χ2v) is 6.96. The second-order valence-electron chi connectivity index (χ2n) is 6.96. The first-order valence-corrected chi connectivity index (χ1v) is 9.01. The van der Waals surface area contributed by atoms with Crippen molar-refractivity contribution < 1.29 is 9.59 Å². The topological polar surface area (TPSA) is 93.0 Å². The van der Waals surface area contributed by atoms with Gasteiger partial charge in [0.2, 0.25) is 5.91 Å². The lowest BCUT2D eigenvalue weighted by Gasteiger charge is -2.27. The second kappa shape index (κ2) is 6.86. The molecule has 2 aromatic heterocycles. The molecule has 136 valence electrons. The summed E-state index contributed by atoms with van der Waals surface area (Å²) in [4.78, 5) is 34.5. The van der Waals surface area contributed by atoms with E-state index in [-0.39, 0.29) is 11.8 Å². The van der Waals surface area contributed by atoms with Crippen LogP contribution in [-0.4, -0.2) is 49.0 Å². The van der Waals surface area contributed by atoms with Gasteiger partial charge in [-0.2, -0.15) is 5.10 Å². The van der Waals surface area contributed by atoms with Gasteiger partial charge in [0.1, 0.15) is 5.69 Å². The molecule has 1 saturated carbocycles. The highest BCUT2D eigenvalue weighted by Crippen LogP contribution is 2.19. The van der Waals surface area contributed by atoms with E-state index in [1.807, 2.05) is 17.7 Å². The summed E-state index contributed by atoms with van der Waals surface area (Å²) in [6, 6.07) is 2.38. The number of nitrogens with one attached hydrogen (secondary N) is 1. The van der Waals surface area contributed by atoms with Crippen molar-refractivity contribution in [3.05, 3.63) is 41.2 Å². The number of aryl methyl sites for hydroxylation is 2. The van der Waals surface area contributed by atoms with E-state index in [9.17, 15) is 9.59 Å². The first kappa shape index (κ1) is 16.7. The van der Waals surface area contributed by atoms with Crippen LogP contribution in [0.3, 0.4) is 0 Å². The SMILES string of the molecule is Cc1cnc(C(=O)N2CCn3nc(CCC(=O)NC4CC4)cc3C2)cn1. The van der Waals surface area contributed by atoms with Gasteiger partial charge in [0.25, 0.3) is 5.91 Å². The van der Waals surface area contributed by atoms with Gasteiger partial charge in [-0.1, -0.05) is 0 Å². The Hall–Kier alpha value is -2.77. The molecule has 1 fully saturated rings. The summed E-state index contributed by atoms with van der Waals surface area (Å²) in [5.74, 6) is -0.0245. The molecule has 3 heterocycles. The van der Waals surface area contributed by atoms with Crippen molar-refractivity contribution in [1.29, 1.82) is 0 Å². The molecule has 1 N–H and O–H groups in total. The van der Waals surface area contributed by atoms with Crippen LogP contribution < -0.4 is 5.32 Å². The molecule has 0 radical (unpaired) electrons. The van der Waals surface area contributed by atoms with Crippen LogP contribution in [0, 0.1) is 6.92 Å². The molecule has 26 heavy (non-hydrogen) atoms. The Labute approximate surface area is 151 Å². The third-order valence-corrected chi connectivity index (χ3v) is 4.69. The van der Waals surface area contributed by atoms with Crippen LogP contribution >= 0.6 is 0 Å². The van der Waals surface area contributed by atoms with Crippen LogP contribution in [-0.2, 0) is 24.3 Å². The molecule has 1 aliphatic carbocycles. The van der Waals surface area contributed by atoms with Crippen LogP contribution in [0.2, 0.25) is 0 Å². The molecule has 4 rings (SSSR count).